The molecule has 0 spiro atoms. The van der Waals surface area contributed by atoms with Crippen LogP contribution in [0.1, 0.15) is 5.69 Å². The van der Waals surface area contributed by atoms with Gasteiger partial charge in [-0.15, -0.1) is 0 Å². The Bertz CT molecular complexity index is 428. The van der Waals surface area contributed by atoms with Crippen molar-refractivity contribution in [1.82, 2.24) is 15.3 Å². The van der Waals surface area contributed by atoms with E-state index in [1.807, 2.05) is 0 Å². The summed E-state index contributed by atoms with van der Waals surface area (Å²) in [4.78, 5) is 30.4. The molecular formula is C7H8N4O2. The van der Waals surface area contributed by atoms with Crippen LogP contribution >= 0.6 is 0 Å². The summed E-state index contributed by atoms with van der Waals surface area (Å²) in [5.41, 5.74) is -0.500. The third-order valence-corrected chi connectivity index (χ3v) is 1.69. The fraction of sp³-hybridized carbons (Fsp3) is 0.286. The Morgan fingerprint density at radius 2 is 2.15 bits per heavy atom. The van der Waals surface area contributed by atoms with Crippen LogP contribution in [-0.2, 0) is 0 Å². The van der Waals surface area contributed by atoms with E-state index in [0.717, 1.165) is 6.54 Å². The quantitative estimate of drug-likeness (QED) is 0.487. The second kappa shape index (κ2) is 2.89. The van der Waals surface area contributed by atoms with Crippen molar-refractivity contribution in [1.29, 1.82) is 0 Å². The minimum atomic E-state index is -0.515. The number of aromatic nitrogens is 2. The summed E-state index contributed by atoms with van der Waals surface area (Å²) in [5.74, 6) is 0.572. The molecule has 1 aromatic rings. The predicted molar refractivity (Wildman–Crippen MR) is 47.1 cm³/mol. The van der Waals surface area contributed by atoms with E-state index in [0.29, 0.717) is 18.1 Å². The van der Waals surface area contributed by atoms with Crippen LogP contribution in [0.15, 0.2) is 20.6 Å². The van der Waals surface area contributed by atoms with Gasteiger partial charge in [0, 0.05) is 12.6 Å². The van der Waals surface area contributed by atoms with E-state index in [1.165, 1.54) is 6.07 Å². The van der Waals surface area contributed by atoms with Gasteiger partial charge in [0.25, 0.3) is 5.56 Å². The summed E-state index contributed by atoms with van der Waals surface area (Å²) < 4.78 is 0. The lowest BCUT2D eigenvalue weighted by atomic mass is 10.4. The van der Waals surface area contributed by atoms with E-state index in [4.69, 9.17) is 0 Å². The van der Waals surface area contributed by atoms with Crippen LogP contribution < -0.4 is 16.6 Å². The number of rotatable bonds is 1. The van der Waals surface area contributed by atoms with Crippen LogP contribution in [0.2, 0.25) is 0 Å². The van der Waals surface area contributed by atoms with E-state index < -0.39 is 11.2 Å². The van der Waals surface area contributed by atoms with Crippen molar-refractivity contribution >= 4 is 5.84 Å². The molecule has 6 heteroatoms. The van der Waals surface area contributed by atoms with E-state index in [1.54, 1.807) is 0 Å². The molecule has 0 fully saturated rings. The van der Waals surface area contributed by atoms with Gasteiger partial charge in [-0.25, -0.2) is 4.79 Å². The topological polar surface area (TPSA) is 90.1 Å². The highest BCUT2D eigenvalue weighted by atomic mass is 16.2. The number of amidine groups is 1. The number of nitrogens with one attached hydrogen (secondary N) is 3. The van der Waals surface area contributed by atoms with Crippen LogP contribution in [0, 0.1) is 0 Å². The molecule has 0 aromatic carbocycles. The molecule has 68 valence electrons. The van der Waals surface area contributed by atoms with Crippen molar-refractivity contribution in [2.45, 2.75) is 0 Å². The molecule has 0 aliphatic carbocycles. The maximum atomic E-state index is 10.9. The molecule has 1 aliphatic rings. The fourth-order valence-corrected chi connectivity index (χ4v) is 1.17. The second-order valence-corrected chi connectivity index (χ2v) is 2.66. The Hall–Kier alpha value is -1.85. The number of aliphatic imine (C=N–C) groups is 1. The number of nitrogens with zero attached hydrogens (tertiary/aromatic N) is 1. The average molecular weight is 180 g/mol. The first kappa shape index (κ1) is 7.78. The minimum Gasteiger partial charge on any atom is -0.367 e. The summed E-state index contributed by atoms with van der Waals surface area (Å²) in [6.07, 6.45) is 0. The maximum Gasteiger partial charge on any atom is 0.326 e. The fourth-order valence-electron chi connectivity index (χ4n) is 1.17. The highest BCUT2D eigenvalue weighted by molar-refractivity contribution is 5.97. The smallest absolute Gasteiger partial charge is 0.326 e. The van der Waals surface area contributed by atoms with Crippen LogP contribution in [0.3, 0.4) is 0 Å². The molecule has 0 unspecified atom stereocenters. The van der Waals surface area contributed by atoms with Gasteiger partial charge >= 0.3 is 5.69 Å². The van der Waals surface area contributed by atoms with Gasteiger partial charge in [0.1, 0.15) is 5.84 Å². The number of H-pyrrole nitrogens is 2. The van der Waals surface area contributed by atoms with Crippen molar-refractivity contribution in [2.75, 3.05) is 13.1 Å². The molecule has 3 N–H and O–H groups in total. The van der Waals surface area contributed by atoms with Gasteiger partial charge < -0.3 is 10.3 Å². The van der Waals surface area contributed by atoms with Gasteiger partial charge in [-0.3, -0.25) is 14.8 Å². The van der Waals surface area contributed by atoms with E-state index in [9.17, 15) is 9.59 Å². The molecule has 2 rings (SSSR count). The Kier molecular flexibility index (Phi) is 1.73. The average Bonchev–Trinajstić information content (AvgIpc) is 2.53. The largest absolute Gasteiger partial charge is 0.367 e. The van der Waals surface area contributed by atoms with Crippen molar-refractivity contribution in [3.63, 3.8) is 0 Å². The number of aromatic amines is 2. The summed E-state index contributed by atoms with van der Waals surface area (Å²) in [6.45, 7) is 1.41. The minimum absolute atomic E-state index is 0.421. The van der Waals surface area contributed by atoms with Crippen molar-refractivity contribution in [3.8, 4) is 0 Å². The van der Waals surface area contributed by atoms with Gasteiger partial charge in [-0.05, 0) is 0 Å². The summed E-state index contributed by atoms with van der Waals surface area (Å²) in [7, 11) is 0. The van der Waals surface area contributed by atoms with Crippen LogP contribution in [0.5, 0.6) is 0 Å². The number of hydrogen-bond donors (Lipinski definition) is 3. The third-order valence-electron chi connectivity index (χ3n) is 1.69. The highest BCUT2D eigenvalue weighted by Crippen LogP contribution is 1.93. The first-order valence-corrected chi connectivity index (χ1v) is 3.88. The van der Waals surface area contributed by atoms with Crippen LogP contribution in [-0.4, -0.2) is 28.9 Å². The molecule has 1 aliphatic heterocycles. The first-order chi connectivity index (χ1) is 6.25. The first-order valence-electron chi connectivity index (χ1n) is 3.88. The molecule has 0 saturated carbocycles. The molecule has 13 heavy (non-hydrogen) atoms. The lowest BCUT2D eigenvalue weighted by molar-refractivity contribution is 0.953. The Morgan fingerprint density at radius 3 is 2.77 bits per heavy atom. The zero-order valence-corrected chi connectivity index (χ0v) is 6.76. The lowest BCUT2D eigenvalue weighted by Gasteiger charge is -1.99. The molecule has 0 bridgehead atoms. The molecular weight excluding hydrogens is 172 g/mol. The molecule has 6 nitrogen and oxygen atoms in total. The molecule has 0 atom stereocenters. The van der Waals surface area contributed by atoms with Gasteiger partial charge in [-0.2, -0.15) is 0 Å². The Morgan fingerprint density at radius 1 is 1.31 bits per heavy atom. The zero-order chi connectivity index (χ0) is 9.26. The molecule has 2 heterocycles. The predicted octanol–water partition coefficient (Wildman–Crippen LogP) is -1.59. The second-order valence-electron chi connectivity index (χ2n) is 2.66. The zero-order valence-electron chi connectivity index (χ0n) is 6.76. The van der Waals surface area contributed by atoms with Gasteiger partial charge in [0.05, 0.1) is 12.2 Å². The van der Waals surface area contributed by atoms with Crippen molar-refractivity contribution in [3.05, 3.63) is 32.6 Å². The standard InChI is InChI=1S/C7H8N4O2/c12-5-3-4(10-7(13)11-5)6-8-1-2-9-6/h3H,1-2H2,(H,8,9)(H2,10,11,12,13). The van der Waals surface area contributed by atoms with Gasteiger partial charge in [-0.1, -0.05) is 0 Å². The highest BCUT2D eigenvalue weighted by Gasteiger charge is 2.08. The summed E-state index contributed by atoms with van der Waals surface area (Å²) >= 11 is 0. The normalized spacial score (nSPS) is 15.2. The van der Waals surface area contributed by atoms with Crippen molar-refractivity contribution < 1.29 is 0 Å². The van der Waals surface area contributed by atoms with E-state index >= 15 is 0 Å². The number of hydrogen-bond acceptors (Lipinski definition) is 4. The molecule has 0 amide bonds. The monoisotopic (exact) mass is 180 g/mol. The summed E-state index contributed by atoms with van der Waals surface area (Å²) in [6, 6.07) is 1.30. The SMILES string of the molecule is O=c1cc(C2=NCCN2)[nH]c(=O)[nH]1. The maximum absolute atomic E-state index is 10.9. The van der Waals surface area contributed by atoms with Crippen molar-refractivity contribution in [2.24, 2.45) is 4.99 Å². The molecule has 1 aromatic heterocycles. The third kappa shape index (κ3) is 1.51. The van der Waals surface area contributed by atoms with Crippen LogP contribution in [0.25, 0.3) is 0 Å². The van der Waals surface area contributed by atoms with E-state index in [-0.39, 0.29) is 0 Å². The Balaban J connectivity index is 2.51. The molecule has 0 saturated heterocycles. The van der Waals surface area contributed by atoms with Gasteiger partial charge in [0.2, 0.25) is 0 Å². The van der Waals surface area contributed by atoms with Crippen LogP contribution in [0.4, 0.5) is 0 Å². The van der Waals surface area contributed by atoms with Gasteiger partial charge in [0.15, 0.2) is 0 Å². The van der Waals surface area contributed by atoms with E-state index in [2.05, 4.69) is 20.3 Å². The Labute approximate surface area is 72.7 Å². The lowest BCUT2D eigenvalue weighted by Crippen LogP contribution is -2.29. The summed E-state index contributed by atoms with van der Waals surface area (Å²) in [5, 5.41) is 2.95. The molecule has 0 radical (unpaired) electrons.